The van der Waals surface area contributed by atoms with Crippen molar-refractivity contribution in [2.24, 2.45) is 5.92 Å². The lowest BCUT2D eigenvalue weighted by atomic mass is 9.98. The molecule has 1 heterocycles. The van der Waals surface area contributed by atoms with E-state index in [0.29, 0.717) is 24.9 Å². The van der Waals surface area contributed by atoms with Gasteiger partial charge in [0.05, 0.1) is 6.04 Å². The van der Waals surface area contributed by atoms with Crippen molar-refractivity contribution in [2.45, 2.75) is 58.3 Å². The van der Waals surface area contributed by atoms with Gasteiger partial charge in [0.15, 0.2) is 0 Å². The van der Waals surface area contributed by atoms with E-state index >= 15 is 0 Å². The summed E-state index contributed by atoms with van der Waals surface area (Å²) in [4.78, 5) is 65.5. The number of carbonyl (C=O) groups is 5. The van der Waals surface area contributed by atoms with Crippen molar-refractivity contribution >= 4 is 29.4 Å². The second kappa shape index (κ2) is 12.8. The van der Waals surface area contributed by atoms with Gasteiger partial charge in [-0.25, -0.2) is 0 Å². The lowest BCUT2D eigenvalue weighted by Crippen LogP contribution is -2.56. The van der Waals surface area contributed by atoms with E-state index in [-0.39, 0.29) is 18.4 Å². The van der Waals surface area contributed by atoms with E-state index in [2.05, 4.69) is 16.0 Å². The molecule has 9 heteroatoms. The number of ketones is 1. The van der Waals surface area contributed by atoms with Crippen molar-refractivity contribution < 1.29 is 24.0 Å². The number of amides is 4. The number of nitrogens with zero attached hydrogens (tertiary/aromatic N) is 1. The van der Waals surface area contributed by atoms with Crippen molar-refractivity contribution in [3.05, 3.63) is 71.8 Å². The standard InChI is InChI=1S/C28H34N4O5/c1-18(2)23(24(33)27(36)29-17-20-11-6-4-7-12-20)31-25(34)19(3)30-26(35)22-15-10-16-32(22)28(37)21-13-8-5-9-14-21/h4-9,11-14,18-19,22-23H,10,15-17H2,1-3H3,(H,29,36)(H,30,35)(H,31,34)/t19-,22?,23-/m0/s1. The Morgan fingerprint density at radius 1 is 0.892 bits per heavy atom. The third-order valence-corrected chi connectivity index (χ3v) is 6.36. The molecule has 1 unspecified atom stereocenters. The van der Waals surface area contributed by atoms with Crippen molar-refractivity contribution in [3.8, 4) is 0 Å². The summed E-state index contributed by atoms with van der Waals surface area (Å²) in [5.41, 5.74) is 1.34. The first-order chi connectivity index (χ1) is 17.7. The van der Waals surface area contributed by atoms with Gasteiger partial charge in [0.2, 0.25) is 17.6 Å². The molecule has 0 saturated carbocycles. The Labute approximate surface area is 217 Å². The molecule has 2 aromatic rings. The van der Waals surface area contributed by atoms with Crippen molar-refractivity contribution in [2.75, 3.05) is 6.54 Å². The third-order valence-electron chi connectivity index (χ3n) is 6.36. The molecular formula is C28H34N4O5. The molecule has 1 aliphatic heterocycles. The molecule has 0 spiro atoms. The molecule has 37 heavy (non-hydrogen) atoms. The zero-order valence-electron chi connectivity index (χ0n) is 21.4. The molecule has 0 aromatic heterocycles. The summed E-state index contributed by atoms with van der Waals surface area (Å²) >= 11 is 0. The van der Waals surface area contributed by atoms with Crippen molar-refractivity contribution in [3.63, 3.8) is 0 Å². The van der Waals surface area contributed by atoms with Crippen LogP contribution in [-0.2, 0) is 25.7 Å². The Morgan fingerprint density at radius 3 is 2.14 bits per heavy atom. The lowest BCUT2D eigenvalue weighted by molar-refractivity contribution is -0.141. The van der Waals surface area contributed by atoms with Crippen LogP contribution in [-0.4, -0.2) is 59.0 Å². The molecule has 1 fully saturated rings. The van der Waals surface area contributed by atoms with Crippen LogP contribution in [0.1, 0.15) is 49.5 Å². The van der Waals surface area contributed by atoms with Crippen LogP contribution in [0, 0.1) is 5.92 Å². The topological polar surface area (TPSA) is 125 Å². The predicted octanol–water partition coefficient (Wildman–Crippen LogP) is 1.82. The smallest absolute Gasteiger partial charge is 0.289 e. The number of carbonyl (C=O) groups excluding carboxylic acids is 5. The highest BCUT2D eigenvalue weighted by Crippen LogP contribution is 2.20. The van der Waals surface area contributed by atoms with Gasteiger partial charge in [0.1, 0.15) is 12.1 Å². The molecular weight excluding hydrogens is 472 g/mol. The SMILES string of the molecule is CC(C)[C@H](NC(=O)[C@H](C)NC(=O)C1CCCN1C(=O)c1ccccc1)C(=O)C(=O)NCc1ccccc1. The molecule has 2 aromatic carbocycles. The largest absolute Gasteiger partial charge is 0.345 e. The zero-order chi connectivity index (χ0) is 26.9. The van der Waals surface area contributed by atoms with E-state index in [1.807, 2.05) is 36.4 Å². The van der Waals surface area contributed by atoms with Gasteiger partial charge in [-0.15, -0.1) is 0 Å². The van der Waals surface area contributed by atoms with Crippen molar-refractivity contribution in [1.29, 1.82) is 0 Å². The quantitative estimate of drug-likeness (QED) is 0.424. The Kier molecular flexibility index (Phi) is 9.54. The van der Waals surface area contributed by atoms with Crippen LogP contribution in [0.2, 0.25) is 0 Å². The normalized spacial score (nSPS) is 16.5. The highest BCUT2D eigenvalue weighted by molar-refractivity contribution is 6.38. The summed E-state index contributed by atoms with van der Waals surface area (Å²) in [5.74, 6) is -3.15. The van der Waals surface area contributed by atoms with Crippen LogP contribution >= 0.6 is 0 Å². The molecule has 4 amide bonds. The van der Waals surface area contributed by atoms with E-state index in [9.17, 15) is 24.0 Å². The maximum Gasteiger partial charge on any atom is 0.289 e. The van der Waals surface area contributed by atoms with Crippen LogP contribution in [0.3, 0.4) is 0 Å². The van der Waals surface area contributed by atoms with Crippen LogP contribution in [0.15, 0.2) is 60.7 Å². The Bertz CT molecular complexity index is 1120. The van der Waals surface area contributed by atoms with Crippen LogP contribution in [0.5, 0.6) is 0 Å². The molecule has 3 rings (SSSR count). The molecule has 0 radical (unpaired) electrons. The molecule has 1 saturated heterocycles. The van der Waals surface area contributed by atoms with Gasteiger partial charge in [-0.3, -0.25) is 24.0 Å². The Hall–Kier alpha value is -4.01. The van der Waals surface area contributed by atoms with E-state index in [0.717, 1.165) is 5.56 Å². The average Bonchev–Trinajstić information content (AvgIpc) is 3.40. The summed E-state index contributed by atoms with van der Waals surface area (Å²) in [6.07, 6.45) is 1.17. The fraction of sp³-hybridized carbons (Fsp3) is 0.393. The number of rotatable bonds is 10. The van der Waals surface area contributed by atoms with E-state index in [4.69, 9.17) is 0 Å². The summed E-state index contributed by atoms with van der Waals surface area (Å²) in [5, 5.41) is 7.85. The number of hydrogen-bond acceptors (Lipinski definition) is 5. The number of hydrogen-bond donors (Lipinski definition) is 3. The van der Waals surface area contributed by atoms with Crippen molar-refractivity contribution in [1.82, 2.24) is 20.9 Å². The first-order valence-corrected chi connectivity index (χ1v) is 12.5. The summed E-state index contributed by atoms with van der Waals surface area (Å²) in [7, 11) is 0. The molecule has 196 valence electrons. The predicted molar refractivity (Wildman–Crippen MR) is 138 cm³/mol. The lowest BCUT2D eigenvalue weighted by Gasteiger charge is -2.26. The van der Waals surface area contributed by atoms with Gasteiger partial charge in [-0.2, -0.15) is 0 Å². The van der Waals surface area contributed by atoms with Gasteiger partial charge >= 0.3 is 0 Å². The minimum atomic E-state index is -1.05. The van der Waals surface area contributed by atoms with E-state index in [1.54, 1.807) is 38.1 Å². The first kappa shape index (κ1) is 27.6. The molecule has 3 atom stereocenters. The summed E-state index contributed by atoms with van der Waals surface area (Å²) in [6, 6.07) is 15.2. The zero-order valence-corrected chi connectivity index (χ0v) is 21.4. The Morgan fingerprint density at radius 2 is 1.51 bits per heavy atom. The first-order valence-electron chi connectivity index (χ1n) is 12.5. The summed E-state index contributed by atoms with van der Waals surface area (Å²) < 4.78 is 0. The van der Waals surface area contributed by atoms with Gasteiger partial charge in [0, 0.05) is 18.7 Å². The number of benzene rings is 2. The van der Waals surface area contributed by atoms with E-state index in [1.165, 1.54) is 11.8 Å². The highest BCUT2D eigenvalue weighted by atomic mass is 16.2. The van der Waals surface area contributed by atoms with Gasteiger partial charge in [-0.1, -0.05) is 62.4 Å². The second-order valence-electron chi connectivity index (χ2n) is 9.52. The summed E-state index contributed by atoms with van der Waals surface area (Å²) in [6.45, 7) is 5.60. The Balaban J connectivity index is 1.56. The highest BCUT2D eigenvalue weighted by Gasteiger charge is 2.36. The third kappa shape index (κ3) is 7.25. The maximum atomic E-state index is 13.0. The maximum absolute atomic E-state index is 13.0. The van der Waals surface area contributed by atoms with Gasteiger partial charge < -0.3 is 20.9 Å². The van der Waals surface area contributed by atoms with Gasteiger partial charge in [0.25, 0.3) is 11.8 Å². The fourth-order valence-electron chi connectivity index (χ4n) is 4.22. The minimum Gasteiger partial charge on any atom is -0.345 e. The fourth-order valence-corrected chi connectivity index (χ4v) is 4.22. The van der Waals surface area contributed by atoms with Gasteiger partial charge in [-0.05, 0) is 43.4 Å². The monoisotopic (exact) mass is 506 g/mol. The molecule has 0 bridgehead atoms. The average molecular weight is 507 g/mol. The van der Waals surface area contributed by atoms with Crippen LogP contribution < -0.4 is 16.0 Å². The number of Topliss-reactive ketones (excluding diaryl/α,β-unsaturated/α-hetero) is 1. The number of nitrogens with one attached hydrogen (secondary N) is 3. The molecule has 1 aliphatic rings. The molecule has 0 aliphatic carbocycles. The number of likely N-dealkylation sites (tertiary alicyclic amines) is 1. The van der Waals surface area contributed by atoms with Crippen LogP contribution in [0.4, 0.5) is 0 Å². The van der Waals surface area contributed by atoms with E-state index < -0.39 is 41.6 Å². The minimum absolute atomic E-state index is 0.191. The van der Waals surface area contributed by atoms with Crippen LogP contribution in [0.25, 0.3) is 0 Å². The molecule has 3 N–H and O–H groups in total. The molecule has 9 nitrogen and oxygen atoms in total. The second-order valence-corrected chi connectivity index (χ2v) is 9.52.